The van der Waals surface area contributed by atoms with E-state index in [1.807, 2.05) is 6.92 Å². The standard InChI is InChI=1S/C21H21F2N3O2/c1-3-24-20(27)13-12-17-14(2)25-26(16-10-8-15(22)9-11-16)21(17)28-19-7-5-4-6-18(19)23/h4-11H,3,12-13H2,1-2H3,(H,24,27). The lowest BCUT2D eigenvalue weighted by Crippen LogP contribution is -2.22. The van der Waals surface area contributed by atoms with E-state index in [1.54, 1.807) is 31.2 Å². The number of ether oxygens (including phenoxy) is 1. The van der Waals surface area contributed by atoms with Gasteiger partial charge in [0.2, 0.25) is 11.8 Å². The summed E-state index contributed by atoms with van der Waals surface area (Å²) >= 11 is 0. The smallest absolute Gasteiger partial charge is 0.226 e. The Balaban J connectivity index is 2.01. The van der Waals surface area contributed by atoms with Gasteiger partial charge in [0.15, 0.2) is 11.6 Å². The summed E-state index contributed by atoms with van der Waals surface area (Å²) in [6.45, 7) is 4.19. The van der Waals surface area contributed by atoms with Crippen molar-refractivity contribution in [1.82, 2.24) is 15.1 Å². The molecule has 5 nitrogen and oxygen atoms in total. The minimum Gasteiger partial charge on any atom is -0.436 e. The quantitative estimate of drug-likeness (QED) is 0.659. The minimum atomic E-state index is -0.512. The van der Waals surface area contributed by atoms with E-state index in [0.717, 1.165) is 0 Å². The van der Waals surface area contributed by atoms with Crippen LogP contribution in [0.1, 0.15) is 24.6 Å². The number of rotatable bonds is 7. The maximum absolute atomic E-state index is 14.1. The number of aryl methyl sites for hydroxylation is 1. The second kappa shape index (κ2) is 8.65. The van der Waals surface area contributed by atoms with Crippen LogP contribution in [0.15, 0.2) is 48.5 Å². The molecule has 0 aliphatic rings. The number of nitrogens with zero attached hydrogens (tertiary/aromatic N) is 2. The predicted octanol–water partition coefficient (Wildman–Crippen LogP) is 4.32. The summed E-state index contributed by atoms with van der Waals surface area (Å²) in [5.74, 6) is -0.626. The monoisotopic (exact) mass is 385 g/mol. The molecule has 0 unspecified atom stereocenters. The van der Waals surface area contributed by atoms with Crippen LogP contribution in [-0.2, 0) is 11.2 Å². The summed E-state index contributed by atoms with van der Waals surface area (Å²) in [6, 6.07) is 11.8. The van der Waals surface area contributed by atoms with Gasteiger partial charge in [-0.1, -0.05) is 12.1 Å². The first-order chi connectivity index (χ1) is 13.5. The van der Waals surface area contributed by atoms with E-state index in [1.165, 1.54) is 28.9 Å². The lowest BCUT2D eigenvalue weighted by molar-refractivity contribution is -0.120. The molecule has 0 atom stereocenters. The van der Waals surface area contributed by atoms with Gasteiger partial charge in [-0.05, 0) is 56.7 Å². The topological polar surface area (TPSA) is 56.2 Å². The average Bonchev–Trinajstić information content (AvgIpc) is 2.98. The molecular weight excluding hydrogens is 364 g/mol. The first kappa shape index (κ1) is 19.5. The third-order valence-electron chi connectivity index (χ3n) is 4.23. The van der Waals surface area contributed by atoms with Crippen molar-refractivity contribution in [3.63, 3.8) is 0 Å². The Kier molecular flexibility index (Phi) is 6.03. The van der Waals surface area contributed by atoms with E-state index < -0.39 is 5.82 Å². The van der Waals surface area contributed by atoms with Crippen LogP contribution in [0.3, 0.4) is 0 Å². The highest BCUT2D eigenvalue weighted by Gasteiger charge is 2.20. The van der Waals surface area contributed by atoms with E-state index in [0.29, 0.717) is 35.8 Å². The van der Waals surface area contributed by atoms with E-state index in [-0.39, 0.29) is 23.9 Å². The molecule has 1 aromatic heterocycles. The van der Waals surface area contributed by atoms with Crippen LogP contribution >= 0.6 is 0 Å². The molecule has 0 spiro atoms. The Morgan fingerprint density at radius 1 is 1.14 bits per heavy atom. The summed E-state index contributed by atoms with van der Waals surface area (Å²) in [6.07, 6.45) is 0.625. The molecule has 7 heteroatoms. The highest BCUT2D eigenvalue weighted by molar-refractivity contribution is 5.76. The number of hydrogen-bond acceptors (Lipinski definition) is 3. The first-order valence-corrected chi connectivity index (χ1v) is 9.03. The summed E-state index contributed by atoms with van der Waals surface area (Å²) in [5, 5.41) is 7.22. The van der Waals surface area contributed by atoms with Gasteiger partial charge in [-0.3, -0.25) is 4.79 Å². The lowest BCUT2D eigenvalue weighted by atomic mass is 10.1. The summed E-state index contributed by atoms with van der Waals surface area (Å²) in [5.41, 5.74) is 1.92. The molecule has 3 rings (SSSR count). The van der Waals surface area contributed by atoms with Crippen LogP contribution in [0.25, 0.3) is 5.69 Å². The molecule has 0 aliphatic carbocycles. The molecule has 1 amide bonds. The third kappa shape index (κ3) is 4.36. The van der Waals surface area contributed by atoms with Gasteiger partial charge in [0, 0.05) is 18.5 Å². The minimum absolute atomic E-state index is 0.0463. The molecule has 28 heavy (non-hydrogen) atoms. The normalized spacial score (nSPS) is 10.7. The highest BCUT2D eigenvalue weighted by Crippen LogP contribution is 2.32. The number of halogens is 2. The summed E-state index contributed by atoms with van der Waals surface area (Å²) < 4.78 is 34.8. The van der Waals surface area contributed by atoms with E-state index in [9.17, 15) is 13.6 Å². The molecule has 3 aromatic rings. The fourth-order valence-electron chi connectivity index (χ4n) is 2.84. The van der Waals surface area contributed by atoms with Gasteiger partial charge in [0.25, 0.3) is 0 Å². The first-order valence-electron chi connectivity index (χ1n) is 9.03. The third-order valence-corrected chi connectivity index (χ3v) is 4.23. The molecule has 0 fully saturated rings. The van der Waals surface area contributed by atoms with Crippen LogP contribution in [0, 0.1) is 18.6 Å². The molecule has 0 aliphatic heterocycles. The van der Waals surface area contributed by atoms with Gasteiger partial charge in [0.05, 0.1) is 11.4 Å². The SMILES string of the molecule is CCNC(=O)CCc1c(C)nn(-c2ccc(F)cc2)c1Oc1ccccc1F. The molecule has 0 saturated heterocycles. The van der Waals surface area contributed by atoms with E-state index in [2.05, 4.69) is 10.4 Å². The van der Waals surface area contributed by atoms with Crippen molar-refractivity contribution in [3.05, 3.63) is 71.4 Å². The van der Waals surface area contributed by atoms with Gasteiger partial charge in [-0.2, -0.15) is 5.10 Å². The fourth-order valence-corrected chi connectivity index (χ4v) is 2.84. The number of aromatic nitrogens is 2. The van der Waals surface area contributed by atoms with E-state index in [4.69, 9.17) is 4.74 Å². The largest absolute Gasteiger partial charge is 0.436 e. The highest BCUT2D eigenvalue weighted by atomic mass is 19.1. The fraction of sp³-hybridized carbons (Fsp3) is 0.238. The zero-order valence-electron chi connectivity index (χ0n) is 15.7. The molecule has 2 aromatic carbocycles. The number of carbonyl (C=O) groups excluding carboxylic acids is 1. The Hall–Kier alpha value is -3.22. The Bertz CT molecular complexity index is 968. The van der Waals surface area contributed by atoms with Crippen LogP contribution < -0.4 is 10.1 Å². The van der Waals surface area contributed by atoms with Gasteiger partial charge in [0.1, 0.15) is 5.82 Å². The van der Waals surface area contributed by atoms with Gasteiger partial charge >= 0.3 is 0 Å². The molecule has 146 valence electrons. The predicted molar refractivity (Wildman–Crippen MR) is 102 cm³/mol. The molecule has 0 radical (unpaired) electrons. The van der Waals surface area contributed by atoms with Gasteiger partial charge in [-0.15, -0.1) is 0 Å². The maximum Gasteiger partial charge on any atom is 0.226 e. The van der Waals surface area contributed by atoms with Crippen molar-refractivity contribution in [3.8, 4) is 17.3 Å². The summed E-state index contributed by atoms with van der Waals surface area (Å²) in [4.78, 5) is 11.9. The van der Waals surface area contributed by atoms with Crippen LogP contribution in [0.4, 0.5) is 8.78 Å². The van der Waals surface area contributed by atoms with Crippen molar-refractivity contribution >= 4 is 5.91 Å². The zero-order valence-corrected chi connectivity index (χ0v) is 15.7. The Morgan fingerprint density at radius 3 is 2.54 bits per heavy atom. The van der Waals surface area contributed by atoms with Crippen LogP contribution in [-0.4, -0.2) is 22.2 Å². The Morgan fingerprint density at radius 2 is 1.86 bits per heavy atom. The van der Waals surface area contributed by atoms with Crippen molar-refractivity contribution in [1.29, 1.82) is 0 Å². The Labute approximate surface area is 161 Å². The number of benzene rings is 2. The van der Waals surface area contributed by atoms with Crippen molar-refractivity contribution in [2.24, 2.45) is 0 Å². The van der Waals surface area contributed by atoms with Crippen LogP contribution in [0.2, 0.25) is 0 Å². The number of para-hydroxylation sites is 1. The van der Waals surface area contributed by atoms with Crippen molar-refractivity contribution < 1.29 is 18.3 Å². The van der Waals surface area contributed by atoms with Gasteiger partial charge < -0.3 is 10.1 Å². The number of hydrogen-bond donors (Lipinski definition) is 1. The molecule has 1 N–H and O–H groups in total. The molecule has 0 saturated carbocycles. The zero-order chi connectivity index (χ0) is 20.1. The average molecular weight is 385 g/mol. The maximum atomic E-state index is 14.1. The second-order valence-corrected chi connectivity index (χ2v) is 6.24. The molecule has 1 heterocycles. The summed E-state index contributed by atoms with van der Waals surface area (Å²) in [7, 11) is 0. The van der Waals surface area contributed by atoms with Crippen molar-refractivity contribution in [2.75, 3.05) is 6.54 Å². The van der Waals surface area contributed by atoms with Gasteiger partial charge in [-0.25, -0.2) is 13.5 Å². The number of nitrogens with one attached hydrogen (secondary N) is 1. The molecule has 0 bridgehead atoms. The lowest BCUT2D eigenvalue weighted by Gasteiger charge is -2.12. The van der Waals surface area contributed by atoms with E-state index >= 15 is 0 Å². The molecular formula is C21H21F2N3O2. The van der Waals surface area contributed by atoms with Crippen LogP contribution in [0.5, 0.6) is 11.6 Å². The van der Waals surface area contributed by atoms with Crippen molar-refractivity contribution in [2.45, 2.75) is 26.7 Å². The number of carbonyl (C=O) groups is 1. The second-order valence-electron chi connectivity index (χ2n) is 6.24. The number of amides is 1.